The molecule has 0 aliphatic heterocycles. The van der Waals surface area contributed by atoms with E-state index in [4.69, 9.17) is 0 Å². The van der Waals surface area contributed by atoms with Crippen LogP contribution in [0.3, 0.4) is 0 Å². The SMILES string of the molecule is CCC(c1ccc(C(=O)c2ccc(F)cc2)cc1)c1ccc(C(=O)c2ccc(F)cc2)cc1. The number of hydrogen-bond acceptors (Lipinski definition) is 2. The van der Waals surface area contributed by atoms with E-state index in [9.17, 15) is 18.4 Å². The van der Waals surface area contributed by atoms with E-state index in [1.165, 1.54) is 48.5 Å². The van der Waals surface area contributed by atoms with Crippen molar-refractivity contribution >= 4 is 11.6 Å². The molecule has 0 aromatic heterocycles. The number of benzene rings is 4. The zero-order valence-electron chi connectivity index (χ0n) is 18.1. The average Bonchev–Trinajstić information content (AvgIpc) is 2.85. The molecule has 0 fully saturated rings. The molecule has 0 bridgehead atoms. The molecule has 33 heavy (non-hydrogen) atoms. The Morgan fingerprint density at radius 2 is 0.818 bits per heavy atom. The van der Waals surface area contributed by atoms with Crippen LogP contribution in [0.5, 0.6) is 0 Å². The lowest BCUT2D eigenvalue weighted by atomic mass is 9.87. The van der Waals surface area contributed by atoms with E-state index < -0.39 is 0 Å². The highest BCUT2D eigenvalue weighted by Gasteiger charge is 2.16. The third kappa shape index (κ3) is 4.96. The number of carbonyl (C=O) groups excluding carboxylic acids is 2. The van der Waals surface area contributed by atoms with Gasteiger partial charge in [-0.15, -0.1) is 0 Å². The number of ketones is 2. The summed E-state index contributed by atoms with van der Waals surface area (Å²) in [7, 11) is 0. The minimum absolute atomic E-state index is 0.106. The summed E-state index contributed by atoms with van der Waals surface area (Å²) in [5.41, 5.74) is 4.09. The highest BCUT2D eigenvalue weighted by Crippen LogP contribution is 2.29. The summed E-state index contributed by atoms with van der Waals surface area (Å²) in [6, 6.07) is 25.9. The van der Waals surface area contributed by atoms with Crippen molar-refractivity contribution in [2.45, 2.75) is 19.3 Å². The van der Waals surface area contributed by atoms with Crippen molar-refractivity contribution in [3.05, 3.63) is 142 Å². The first kappa shape index (κ1) is 22.3. The second-order valence-electron chi connectivity index (χ2n) is 7.88. The van der Waals surface area contributed by atoms with Crippen LogP contribution in [0, 0.1) is 11.6 Å². The summed E-state index contributed by atoms with van der Waals surface area (Å²) in [6.45, 7) is 2.08. The zero-order chi connectivity index (χ0) is 23.4. The molecule has 4 aromatic carbocycles. The lowest BCUT2D eigenvalue weighted by Crippen LogP contribution is -2.05. The van der Waals surface area contributed by atoms with E-state index in [0.29, 0.717) is 22.3 Å². The maximum absolute atomic E-state index is 13.1. The molecule has 0 unspecified atom stereocenters. The van der Waals surface area contributed by atoms with Crippen molar-refractivity contribution in [1.29, 1.82) is 0 Å². The molecule has 4 aromatic rings. The third-order valence-electron chi connectivity index (χ3n) is 5.77. The molecule has 0 N–H and O–H groups in total. The number of halogens is 2. The van der Waals surface area contributed by atoms with Gasteiger partial charge in [-0.05, 0) is 66.1 Å². The first-order chi connectivity index (χ1) is 16.0. The van der Waals surface area contributed by atoms with Crippen LogP contribution >= 0.6 is 0 Å². The van der Waals surface area contributed by atoms with Crippen LogP contribution in [0.25, 0.3) is 0 Å². The van der Waals surface area contributed by atoms with Crippen LogP contribution in [0.15, 0.2) is 97.1 Å². The highest BCUT2D eigenvalue weighted by atomic mass is 19.1. The van der Waals surface area contributed by atoms with E-state index in [-0.39, 0.29) is 29.1 Å². The van der Waals surface area contributed by atoms with Crippen LogP contribution in [0.2, 0.25) is 0 Å². The summed E-state index contributed by atoms with van der Waals surface area (Å²) in [4.78, 5) is 25.3. The Labute approximate surface area is 191 Å². The first-order valence-electron chi connectivity index (χ1n) is 10.8. The number of rotatable bonds is 7. The van der Waals surface area contributed by atoms with Gasteiger partial charge in [0.25, 0.3) is 0 Å². The standard InChI is InChI=1S/C29H22F2O2/c1-2-27(19-3-7-21(8-4-19)28(32)23-11-15-25(30)16-12-23)20-5-9-22(10-6-20)29(33)24-13-17-26(31)18-14-24/h3-18,27H,2H2,1H3. The van der Waals surface area contributed by atoms with Gasteiger partial charge in [-0.25, -0.2) is 8.78 Å². The van der Waals surface area contributed by atoms with Gasteiger partial charge in [-0.3, -0.25) is 9.59 Å². The lowest BCUT2D eigenvalue weighted by molar-refractivity contribution is 0.103. The topological polar surface area (TPSA) is 34.1 Å². The molecule has 2 nitrogen and oxygen atoms in total. The smallest absolute Gasteiger partial charge is 0.193 e. The second-order valence-corrected chi connectivity index (χ2v) is 7.88. The molecule has 0 aliphatic rings. The van der Waals surface area contributed by atoms with Gasteiger partial charge in [-0.2, -0.15) is 0 Å². The maximum atomic E-state index is 13.1. The molecule has 0 aliphatic carbocycles. The zero-order valence-corrected chi connectivity index (χ0v) is 18.1. The molecule has 4 rings (SSSR count). The molecule has 0 spiro atoms. The molecule has 0 heterocycles. The Balaban J connectivity index is 1.52. The van der Waals surface area contributed by atoms with Crippen molar-refractivity contribution in [3.63, 3.8) is 0 Å². The second kappa shape index (κ2) is 9.70. The van der Waals surface area contributed by atoms with Crippen molar-refractivity contribution in [3.8, 4) is 0 Å². The Morgan fingerprint density at radius 3 is 1.09 bits per heavy atom. The first-order valence-corrected chi connectivity index (χ1v) is 10.8. The van der Waals surface area contributed by atoms with E-state index in [2.05, 4.69) is 6.92 Å². The van der Waals surface area contributed by atoms with Crippen molar-refractivity contribution in [1.82, 2.24) is 0 Å². The van der Waals surface area contributed by atoms with Crippen LogP contribution in [0.4, 0.5) is 8.78 Å². The Morgan fingerprint density at radius 1 is 0.545 bits per heavy atom. The molecule has 0 atom stereocenters. The van der Waals surface area contributed by atoms with Gasteiger partial charge in [0.2, 0.25) is 0 Å². The van der Waals surface area contributed by atoms with E-state index in [1.807, 2.05) is 24.3 Å². The van der Waals surface area contributed by atoms with Gasteiger partial charge >= 0.3 is 0 Å². The average molecular weight is 440 g/mol. The van der Waals surface area contributed by atoms with Gasteiger partial charge < -0.3 is 0 Å². The fourth-order valence-corrected chi connectivity index (χ4v) is 3.93. The van der Waals surface area contributed by atoms with Crippen LogP contribution in [-0.4, -0.2) is 11.6 Å². The minimum atomic E-state index is -0.377. The fraction of sp³-hybridized carbons (Fsp3) is 0.103. The quantitative estimate of drug-likeness (QED) is 0.291. The van der Waals surface area contributed by atoms with Crippen molar-refractivity contribution < 1.29 is 18.4 Å². The third-order valence-corrected chi connectivity index (χ3v) is 5.77. The molecule has 0 amide bonds. The molecule has 0 saturated heterocycles. The Kier molecular flexibility index (Phi) is 6.55. The van der Waals surface area contributed by atoms with Gasteiger partial charge in [0.15, 0.2) is 11.6 Å². The lowest BCUT2D eigenvalue weighted by Gasteiger charge is -2.17. The van der Waals surface area contributed by atoms with E-state index >= 15 is 0 Å². The van der Waals surface area contributed by atoms with Gasteiger partial charge in [0, 0.05) is 28.2 Å². The van der Waals surface area contributed by atoms with Crippen molar-refractivity contribution in [2.75, 3.05) is 0 Å². The van der Waals surface area contributed by atoms with Crippen LogP contribution < -0.4 is 0 Å². The number of hydrogen-bond donors (Lipinski definition) is 0. The molecule has 4 heteroatoms. The van der Waals surface area contributed by atoms with Crippen molar-refractivity contribution in [2.24, 2.45) is 0 Å². The fourth-order valence-electron chi connectivity index (χ4n) is 3.93. The van der Waals surface area contributed by atoms with Gasteiger partial charge in [-0.1, -0.05) is 55.5 Å². The van der Waals surface area contributed by atoms with E-state index in [1.54, 1.807) is 24.3 Å². The maximum Gasteiger partial charge on any atom is 0.193 e. The summed E-state index contributed by atoms with van der Waals surface area (Å²) >= 11 is 0. The normalized spacial score (nSPS) is 10.9. The van der Waals surface area contributed by atoms with Crippen LogP contribution in [-0.2, 0) is 0 Å². The van der Waals surface area contributed by atoms with Crippen LogP contribution in [0.1, 0.15) is 62.2 Å². The molecule has 0 radical (unpaired) electrons. The Hall–Kier alpha value is -3.92. The summed E-state index contributed by atoms with van der Waals surface area (Å²) in [5, 5.41) is 0. The predicted octanol–water partition coefficient (Wildman–Crippen LogP) is 6.97. The van der Waals surface area contributed by atoms with Gasteiger partial charge in [0.1, 0.15) is 11.6 Å². The van der Waals surface area contributed by atoms with Gasteiger partial charge in [0.05, 0.1) is 0 Å². The molecular weight excluding hydrogens is 418 g/mol. The summed E-state index contributed by atoms with van der Waals surface area (Å²) < 4.78 is 26.2. The summed E-state index contributed by atoms with van der Waals surface area (Å²) in [6.07, 6.45) is 0.844. The molecular formula is C29H22F2O2. The van der Waals surface area contributed by atoms with E-state index in [0.717, 1.165) is 17.5 Å². The molecule has 0 saturated carbocycles. The minimum Gasteiger partial charge on any atom is -0.289 e. The highest BCUT2D eigenvalue weighted by molar-refractivity contribution is 6.09. The Bertz CT molecular complexity index is 1160. The summed E-state index contributed by atoms with van der Waals surface area (Å²) in [5.74, 6) is -0.956. The monoisotopic (exact) mass is 440 g/mol. The number of carbonyl (C=O) groups is 2. The predicted molar refractivity (Wildman–Crippen MR) is 125 cm³/mol. The largest absolute Gasteiger partial charge is 0.289 e. The molecule has 164 valence electrons.